The van der Waals surface area contributed by atoms with Gasteiger partial charge in [-0.1, -0.05) is 41.9 Å². The number of aromatic nitrogens is 2. The van der Waals surface area contributed by atoms with E-state index in [4.69, 9.17) is 32.7 Å². The molecule has 1 atom stereocenters. The topological polar surface area (TPSA) is 61.3 Å². The molecule has 1 heterocycles. The molecule has 1 unspecified atom stereocenters. The fourth-order valence-corrected chi connectivity index (χ4v) is 2.17. The lowest BCUT2D eigenvalue weighted by Gasteiger charge is -2.22. The van der Waals surface area contributed by atoms with Crippen molar-refractivity contribution < 1.29 is 14.3 Å². The van der Waals surface area contributed by atoms with E-state index >= 15 is 0 Å². The predicted octanol–water partition coefficient (Wildman–Crippen LogP) is 2.74. The van der Waals surface area contributed by atoms with Crippen molar-refractivity contribution in [2.45, 2.75) is 4.87 Å². The van der Waals surface area contributed by atoms with Crippen LogP contribution in [0.3, 0.4) is 0 Å². The maximum Gasteiger partial charge on any atom is 0.255 e. The van der Waals surface area contributed by atoms with E-state index in [0.29, 0.717) is 5.56 Å². The van der Waals surface area contributed by atoms with Crippen molar-refractivity contribution in [2.75, 3.05) is 14.2 Å². The zero-order valence-electron chi connectivity index (χ0n) is 11.3. The van der Waals surface area contributed by atoms with Crippen LogP contribution < -0.4 is 9.47 Å². The van der Waals surface area contributed by atoms with Crippen molar-refractivity contribution in [1.29, 1.82) is 0 Å². The van der Waals surface area contributed by atoms with E-state index in [1.54, 1.807) is 30.3 Å². The first-order valence-corrected chi connectivity index (χ1v) is 6.70. The highest BCUT2D eigenvalue weighted by molar-refractivity contribution is 6.71. The van der Waals surface area contributed by atoms with Gasteiger partial charge in [0.15, 0.2) is 5.82 Å². The van der Waals surface area contributed by atoms with Gasteiger partial charge in [0, 0.05) is 0 Å². The molecular weight excluding hydrogens is 315 g/mol. The summed E-state index contributed by atoms with van der Waals surface area (Å²) in [6.07, 6.45) is 0. The summed E-state index contributed by atoms with van der Waals surface area (Å²) in [6, 6.07) is 10.1. The number of ether oxygens (including phenoxy) is 2. The van der Waals surface area contributed by atoms with Crippen LogP contribution in [0.4, 0.5) is 0 Å². The van der Waals surface area contributed by atoms with Gasteiger partial charge in [0.1, 0.15) is 0 Å². The summed E-state index contributed by atoms with van der Waals surface area (Å²) >= 11 is 12.2. The highest BCUT2D eigenvalue weighted by Crippen LogP contribution is 2.38. The summed E-state index contributed by atoms with van der Waals surface area (Å²) in [5.74, 6) is 0.429. The van der Waals surface area contributed by atoms with E-state index < -0.39 is 10.1 Å². The zero-order chi connectivity index (χ0) is 15.5. The average molecular weight is 327 g/mol. The number of rotatable bonds is 5. The molecule has 0 aliphatic carbocycles. The summed E-state index contributed by atoms with van der Waals surface area (Å²) in [6.45, 7) is 0. The van der Waals surface area contributed by atoms with Crippen LogP contribution in [0.25, 0.3) is 0 Å². The standard InChI is InChI=1S/C14H12Cl2N2O3/c1-20-10-8-11(21-2)18-13(17-10)14(16,12(15)19)9-6-4-3-5-7-9/h3-8H,1-2H3. The average Bonchev–Trinajstić information content (AvgIpc) is 2.54. The molecule has 0 aliphatic rings. The number of benzene rings is 1. The van der Waals surface area contributed by atoms with Gasteiger partial charge in [-0.2, -0.15) is 9.97 Å². The largest absolute Gasteiger partial charge is 0.481 e. The Hall–Kier alpha value is -1.85. The Balaban J connectivity index is 2.66. The summed E-state index contributed by atoms with van der Waals surface area (Å²) < 4.78 is 10.1. The molecule has 2 rings (SSSR count). The van der Waals surface area contributed by atoms with Crippen LogP contribution in [0.1, 0.15) is 11.4 Å². The molecule has 21 heavy (non-hydrogen) atoms. The van der Waals surface area contributed by atoms with Crippen LogP contribution in [0.15, 0.2) is 36.4 Å². The number of carbonyl (C=O) groups excluding carboxylic acids is 1. The van der Waals surface area contributed by atoms with Gasteiger partial charge in [0.2, 0.25) is 16.6 Å². The Bertz CT molecular complexity index is 630. The van der Waals surface area contributed by atoms with E-state index in [2.05, 4.69) is 9.97 Å². The van der Waals surface area contributed by atoms with E-state index in [-0.39, 0.29) is 17.6 Å². The molecule has 0 N–H and O–H groups in total. The molecule has 0 aliphatic heterocycles. The lowest BCUT2D eigenvalue weighted by atomic mass is 9.98. The maximum absolute atomic E-state index is 11.9. The summed E-state index contributed by atoms with van der Waals surface area (Å²) in [7, 11) is 2.87. The fourth-order valence-electron chi connectivity index (χ4n) is 1.77. The molecule has 0 fully saturated rings. The SMILES string of the molecule is COc1cc(OC)nc(C(Cl)(C(=O)Cl)c2ccccc2)n1. The molecule has 0 radical (unpaired) electrons. The quantitative estimate of drug-likeness (QED) is 0.624. The third-order valence-corrected chi connectivity index (χ3v) is 3.79. The predicted molar refractivity (Wildman–Crippen MR) is 79.1 cm³/mol. The van der Waals surface area contributed by atoms with E-state index in [0.717, 1.165) is 0 Å². The highest BCUT2D eigenvalue weighted by Gasteiger charge is 2.42. The van der Waals surface area contributed by atoms with Crippen molar-refractivity contribution in [3.63, 3.8) is 0 Å². The van der Waals surface area contributed by atoms with Gasteiger partial charge in [0.25, 0.3) is 5.24 Å². The molecule has 110 valence electrons. The van der Waals surface area contributed by atoms with E-state index in [1.807, 2.05) is 0 Å². The van der Waals surface area contributed by atoms with Gasteiger partial charge >= 0.3 is 0 Å². The van der Waals surface area contributed by atoms with Crippen LogP contribution in [-0.4, -0.2) is 29.4 Å². The van der Waals surface area contributed by atoms with Gasteiger partial charge < -0.3 is 9.47 Å². The number of hydrogen-bond acceptors (Lipinski definition) is 5. The minimum absolute atomic E-state index is 0.00781. The Morgan fingerprint density at radius 1 is 1.10 bits per heavy atom. The van der Waals surface area contributed by atoms with Crippen LogP contribution in [0.5, 0.6) is 11.8 Å². The van der Waals surface area contributed by atoms with Gasteiger partial charge in [-0.05, 0) is 17.2 Å². The van der Waals surface area contributed by atoms with Crippen molar-refractivity contribution in [2.24, 2.45) is 0 Å². The zero-order valence-corrected chi connectivity index (χ0v) is 12.9. The number of alkyl halides is 1. The Kier molecular flexibility index (Phi) is 4.65. The summed E-state index contributed by atoms with van der Waals surface area (Å²) in [4.78, 5) is 18.5. The van der Waals surface area contributed by atoms with E-state index in [1.165, 1.54) is 20.3 Å². The van der Waals surface area contributed by atoms with Crippen LogP contribution in [0, 0.1) is 0 Å². The first-order chi connectivity index (χ1) is 10.0. The number of nitrogens with zero attached hydrogens (tertiary/aromatic N) is 2. The third kappa shape index (κ3) is 2.94. The van der Waals surface area contributed by atoms with Crippen molar-refractivity contribution in [1.82, 2.24) is 9.97 Å². The number of methoxy groups -OCH3 is 2. The lowest BCUT2D eigenvalue weighted by Crippen LogP contribution is -2.30. The van der Waals surface area contributed by atoms with E-state index in [9.17, 15) is 4.79 Å². The smallest absolute Gasteiger partial charge is 0.255 e. The van der Waals surface area contributed by atoms with Crippen molar-refractivity contribution in [3.05, 3.63) is 47.8 Å². The third-order valence-electron chi connectivity index (χ3n) is 2.85. The van der Waals surface area contributed by atoms with Gasteiger partial charge in [-0.25, -0.2) is 0 Å². The molecule has 7 heteroatoms. The fraction of sp³-hybridized carbons (Fsp3) is 0.214. The summed E-state index contributed by atoms with van der Waals surface area (Å²) in [5, 5.41) is -0.814. The molecule has 2 aromatic rings. The molecular formula is C14H12Cl2N2O3. The van der Waals surface area contributed by atoms with Crippen LogP contribution in [0.2, 0.25) is 0 Å². The molecule has 0 bridgehead atoms. The van der Waals surface area contributed by atoms with Crippen molar-refractivity contribution in [3.8, 4) is 11.8 Å². The Labute approximate surface area is 131 Å². The second kappa shape index (κ2) is 6.28. The molecule has 0 amide bonds. The first kappa shape index (κ1) is 15.5. The number of halogens is 2. The second-order valence-electron chi connectivity index (χ2n) is 4.07. The molecule has 1 aromatic heterocycles. The van der Waals surface area contributed by atoms with Crippen LogP contribution in [-0.2, 0) is 9.67 Å². The minimum atomic E-state index is -1.72. The lowest BCUT2D eigenvalue weighted by molar-refractivity contribution is -0.113. The van der Waals surface area contributed by atoms with Crippen LogP contribution >= 0.6 is 23.2 Å². The molecule has 1 aromatic carbocycles. The number of carbonyl (C=O) groups is 1. The monoisotopic (exact) mass is 326 g/mol. The van der Waals surface area contributed by atoms with Gasteiger partial charge in [-0.15, -0.1) is 0 Å². The molecule has 5 nitrogen and oxygen atoms in total. The Morgan fingerprint density at radius 2 is 1.62 bits per heavy atom. The number of hydrogen-bond donors (Lipinski definition) is 0. The highest BCUT2D eigenvalue weighted by atomic mass is 35.5. The second-order valence-corrected chi connectivity index (χ2v) is 4.98. The normalized spacial score (nSPS) is 13.3. The first-order valence-electron chi connectivity index (χ1n) is 5.94. The molecule has 0 saturated heterocycles. The molecule has 0 spiro atoms. The molecule has 0 saturated carbocycles. The summed E-state index contributed by atoms with van der Waals surface area (Å²) in [5.41, 5.74) is 0.460. The minimum Gasteiger partial charge on any atom is -0.481 e. The van der Waals surface area contributed by atoms with Gasteiger partial charge in [0.05, 0.1) is 20.3 Å². The Morgan fingerprint density at radius 3 is 2.05 bits per heavy atom. The maximum atomic E-state index is 11.9. The van der Waals surface area contributed by atoms with Crippen molar-refractivity contribution >= 4 is 28.4 Å². The van der Waals surface area contributed by atoms with Gasteiger partial charge in [-0.3, -0.25) is 4.79 Å².